The van der Waals surface area contributed by atoms with Crippen LogP contribution in [0.1, 0.15) is 84.0 Å². The summed E-state index contributed by atoms with van der Waals surface area (Å²) in [7, 11) is 0. The van der Waals surface area contributed by atoms with Crippen molar-refractivity contribution in [2.24, 2.45) is 0 Å². The van der Waals surface area contributed by atoms with E-state index in [0.717, 1.165) is 12.8 Å². The summed E-state index contributed by atoms with van der Waals surface area (Å²) in [6.07, 6.45) is 14.1. The number of hydrogen-bond acceptors (Lipinski definition) is 3. The van der Waals surface area contributed by atoms with Gasteiger partial charge in [0.15, 0.2) is 0 Å². The van der Waals surface area contributed by atoms with Gasteiger partial charge in [0, 0.05) is 6.42 Å². The largest absolute Gasteiger partial charge is 1.00 e. The molecule has 0 bridgehead atoms. The molecule has 0 radical (unpaired) electrons. The summed E-state index contributed by atoms with van der Waals surface area (Å²) in [4.78, 5) is 21.3. The average molecular weight is 342 g/mol. The Balaban J connectivity index is -0.00000180. The summed E-state index contributed by atoms with van der Waals surface area (Å²) in [6.45, 7) is 1.86. The zero-order chi connectivity index (χ0) is 15.1. The summed E-state index contributed by atoms with van der Waals surface area (Å²) in [5, 5.41) is 12.5. The van der Waals surface area contributed by atoms with E-state index in [1.807, 2.05) is 0 Å². The van der Waals surface area contributed by atoms with E-state index in [1.165, 1.54) is 57.8 Å². The minimum Gasteiger partial charge on any atom is -0.548 e. The van der Waals surface area contributed by atoms with Crippen LogP contribution in [0.2, 0.25) is 0 Å². The van der Waals surface area contributed by atoms with Gasteiger partial charge in [-0.25, -0.2) is 0 Å². The SMILES string of the molecule is CCCCCCCCCCCCCC(=O)NCC(=O)[O-].O.[K+]. The molecule has 0 aliphatic heterocycles. The monoisotopic (exact) mass is 341 g/mol. The van der Waals surface area contributed by atoms with Crippen LogP contribution in [0, 0.1) is 0 Å². The van der Waals surface area contributed by atoms with Crippen molar-refractivity contribution in [3.8, 4) is 0 Å². The number of rotatable bonds is 14. The van der Waals surface area contributed by atoms with E-state index >= 15 is 0 Å². The van der Waals surface area contributed by atoms with Crippen LogP contribution in [-0.4, -0.2) is 23.9 Å². The number of hydrogen-bond donors (Lipinski definition) is 1. The molecule has 3 N–H and O–H groups in total. The molecule has 1 amide bonds. The van der Waals surface area contributed by atoms with E-state index in [0.29, 0.717) is 6.42 Å². The van der Waals surface area contributed by atoms with E-state index in [4.69, 9.17) is 0 Å². The Labute approximate surface area is 177 Å². The third kappa shape index (κ3) is 22.8. The van der Waals surface area contributed by atoms with Crippen molar-refractivity contribution in [1.29, 1.82) is 0 Å². The van der Waals surface area contributed by atoms with Crippen molar-refractivity contribution in [3.05, 3.63) is 0 Å². The van der Waals surface area contributed by atoms with Crippen LogP contribution in [0.25, 0.3) is 0 Å². The number of carboxylic acid groups (broad SMARTS) is 1. The molecule has 0 aromatic heterocycles. The van der Waals surface area contributed by atoms with Gasteiger partial charge in [-0.05, 0) is 6.42 Å². The Hall–Kier alpha value is 0.536. The van der Waals surface area contributed by atoms with Crippen LogP contribution in [-0.2, 0) is 9.59 Å². The van der Waals surface area contributed by atoms with Gasteiger partial charge in [-0.1, -0.05) is 71.1 Å². The molecule has 0 heterocycles. The predicted octanol–water partition coefficient (Wildman–Crippen LogP) is -1.27. The average Bonchev–Trinajstić information content (AvgIpc) is 2.42. The number of unbranched alkanes of at least 4 members (excludes halogenated alkanes) is 10. The quantitative estimate of drug-likeness (QED) is 0.315. The van der Waals surface area contributed by atoms with Crippen molar-refractivity contribution >= 4 is 11.9 Å². The molecule has 0 atom stereocenters. The van der Waals surface area contributed by atoms with Crippen LogP contribution in [0.4, 0.5) is 0 Å². The summed E-state index contributed by atoms with van der Waals surface area (Å²) in [5.74, 6) is -1.43. The van der Waals surface area contributed by atoms with Gasteiger partial charge in [0.25, 0.3) is 0 Å². The zero-order valence-electron chi connectivity index (χ0n) is 14.4. The first-order valence-corrected chi connectivity index (χ1v) is 8.13. The van der Waals surface area contributed by atoms with Gasteiger partial charge in [0.2, 0.25) is 5.91 Å². The maximum atomic E-state index is 11.2. The van der Waals surface area contributed by atoms with Crippen LogP contribution < -0.4 is 61.8 Å². The third-order valence-corrected chi connectivity index (χ3v) is 3.44. The molecule has 22 heavy (non-hydrogen) atoms. The van der Waals surface area contributed by atoms with Gasteiger partial charge < -0.3 is 20.7 Å². The van der Waals surface area contributed by atoms with Gasteiger partial charge in [-0.2, -0.15) is 0 Å². The van der Waals surface area contributed by atoms with Crippen LogP contribution in [0.15, 0.2) is 0 Å². The molecule has 5 nitrogen and oxygen atoms in total. The number of carbonyl (C=O) groups is 2. The van der Waals surface area contributed by atoms with Crippen molar-refractivity contribution in [3.63, 3.8) is 0 Å². The molecule has 0 aliphatic rings. The van der Waals surface area contributed by atoms with E-state index in [1.54, 1.807) is 0 Å². The number of nitrogens with one attached hydrogen (secondary N) is 1. The summed E-state index contributed by atoms with van der Waals surface area (Å²) in [5.41, 5.74) is 0. The van der Waals surface area contributed by atoms with Gasteiger partial charge in [-0.15, -0.1) is 0 Å². The number of carbonyl (C=O) groups excluding carboxylic acids is 2. The molecular formula is C16H32KNO4. The molecule has 126 valence electrons. The predicted molar refractivity (Wildman–Crippen MR) is 82.7 cm³/mol. The van der Waals surface area contributed by atoms with E-state index < -0.39 is 5.97 Å². The Morgan fingerprint density at radius 1 is 0.818 bits per heavy atom. The third-order valence-electron chi connectivity index (χ3n) is 3.44. The second kappa shape index (κ2) is 21.5. The summed E-state index contributed by atoms with van der Waals surface area (Å²) < 4.78 is 0. The molecule has 0 rings (SSSR count). The molecular weight excluding hydrogens is 309 g/mol. The fraction of sp³-hybridized carbons (Fsp3) is 0.875. The first-order valence-electron chi connectivity index (χ1n) is 8.13. The Morgan fingerprint density at radius 3 is 1.64 bits per heavy atom. The minimum atomic E-state index is -1.24. The van der Waals surface area contributed by atoms with Crippen molar-refractivity contribution in [2.75, 3.05) is 6.54 Å². The Bertz CT molecular complexity index is 263. The second-order valence-corrected chi connectivity index (χ2v) is 5.43. The standard InChI is InChI=1S/C16H31NO3.K.H2O/c1-2-3-4-5-6-7-8-9-10-11-12-13-15(18)17-14-16(19)20;;/h2-14H2,1H3,(H,17,18)(H,19,20);;1H2/q;+1;/p-1. The van der Waals surface area contributed by atoms with E-state index in [-0.39, 0.29) is 69.3 Å². The maximum Gasteiger partial charge on any atom is 1.00 e. The summed E-state index contributed by atoms with van der Waals surface area (Å²) >= 11 is 0. The van der Waals surface area contributed by atoms with Crippen LogP contribution in [0.3, 0.4) is 0 Å². The van der Waals surface area contributed by atoms with Crippen molar-refractivity contribution in [1.82, 2.24) is 5.32 Å². The normalized spacial score (nSPS) is 9.50. The maximum absolute atomic E-state index is 11.2. The van der Waals surface area contributed by atoms with Crippen molar-refractivity contribution < 1.29 is 71.6 Å². The molecule has 0 saturated carbocycles. The molecule has 0 aromatic carbocycles. The van der Waals surface area contributed by atoms with Crippen LogP contribution >= 0.6 is 0 Å². The zero-order valence-corrected chi connectivity index (χ0v) is 17.5. The summed E-state index contributed by atoms with van der Waals surface area (Å²) in [6, 6.07) is 0. The fourth-order valence-corrected chi connectivity index (χ4v) is 2.21. The van der Waals surface area contributed by atoms with Gasteiger partial charge in [0.05, 0.1) is 12.5 Å². The number of aliphatic carboxylic acids is 1. The first kappa shape index (κ1) is 27.4. The molecule has 0 spiro atoms. The van der Waals surface area contributed by atoms with E-state index in [2.05, 4.69) is 12.2 Å². The van der Waals surface area contributed by atoms with Crippen molar-refractivity contribution in [2.45, 2.75) is 84.0 Å². The first-order chi connectivity index (χ1) is 9.66. The molecule has 0 saturated heterocycles. The molecule has 0 fully saturated rings. The second-order valence-electron chi connectivity index (χ2n) is 5.43. The molecule has 0 unspecified atom stereocenters. The van der Waals surface area contributed by atoms with Gasteiger partial charge >= 0.3 is 51.4 Å². The van der Waals surface area contributed by atoms with Gasteiger partial charge in [-0.3, -0.25) is 4.79 Å². The number of carboxylic acids is 1. The Morgan fingerprint density at radius 2 is 1.23 bits per heavy atom. The topological polar surface area (TPSA) is 101 Å². The minimum absolute atomic E-state index is 0. The number of amides is 1. The Kier molecular flexibility index (Phi) is 26.8. The fourth-order valence-electron chi connectivity index (χ4n) is 2.21. The van der Waals surface area contributed by atoms with Gasteiger partial charge in [0.1, 0.15) is 0 Å². The molecule has 0 aliphatic carbocycles. The molecule has 0 aromatic rings. The molecule has 6 heteroatoms. The van der Waals surface area contributed by atoms with E-state index in [9.17, 15) is 14.7 Å². The van der Waals surface area contributed by atoms with Crippen LogP contribution in [0.5, 0.6) is 0 Å². The smallest absolute Gasteiger partial charge is 0.548 e.